The molecule has 3 heterocycles. The molecular weight excluding hydrogens is 366 g/mol. The summed E-state index contributed by atoms with van der Waals surface area (Å²) in [7, 11) is 0. The highest BCUT2D eigenvalue weighted by atomic mass is 32.1. The quantitative estimate of drug-likeness (QED) is 0.251. The fourth-order valence-electron chi connectivity index (χ4n) is 3.01. The van der Waals surface area contributed by atoms with Crippen LogP contribution in [-0.2, 0) is 4.74 Å². The molecule has 0 saturated carbocycles. The van der Waals surface area contributed by atoms with Crippen LogP contribution in [0.3, 0.4) is 0 Å². The van der Waals surface area contributed by atoms with E-state index >= 15 is 0 Å². The standard InChI is InChI=1S/C12H17N9O4S/c1-4(19-24)12(14)2-5(3-13)25-9(12)21-7-6(26-11(21)23)8(22)17-10(16-7)18-20-15/h4-5,9H,2-3,13-14H2,1H3,(H3,15,16,17,18,22)/t4?,5?,9-,12-/m1/s1. The lowest BCUT2D eigenvalue weighted by Crippen LogP contribution is -2.54. The molecule has 0 aliphatic carbocycles. The van der Waals surface area contributed by atoms with E-state index in [2.05, 4.69) is 25.8 Å². The molecule has 140 valence electrons. The first kappa shape index (κ1) is 18.2. The highest BCUT2D eigenvalue weighted by molar-refractivity contribution is 7.16. The first-order valence-corrected chi connectivity index (χ1v) is 8.42. The second-order valence-corrected chi connectivity index (χ2v) is 6.93. The summed E-state index contributed by atoms with van der Waals surface area (Å²) < 4.78 is 6.99. The van der Waals surface area contributed by atoms with Crippen LogP contribution in [0.1, 0.15) is 19.6 Å². The van der Waals surface area contributed by atoms with Gasteiger partial charge in [-0.3, -0.25) is 19.1 Å². The second kappa shape index (κ2) is 6.64. The molecule has 26 heavy (non-hydrogen) atoms. The fourth-order valence-corrected chi connectivity index (χ4v) is 3.84. The summed E-state index contributed by atoms with van der Waals surface area (Å²) in [6.45, 7) is 1.66. The Balaban J connectivity index is 2.24. The number of nitroso groups, excluding NO2 is 1. The molecule has 1 aliphatic heterocycles. The molecule has 2 unspecified atom stereocenters. The number of thiazole rings is 1. The van der Waals surface area contributed by atoms with Gasteiger partial charge in [0.25, 0.3) is 5.56 Å². The smallest absolute Gasteiger partial charge is 0.311 e. The van der Waals surface area contributed by atoms with Gasteiger partial charge in [-0.25, -0.2) is 5.43 Å². The predicted octanol–water partition coefficient (Wildman–Crippen LogP) is -0.397. The highest BCUT2D eigenvalue weighted by Crippen LogP contribution is 2.40. The molecule has 14 heteroatoms. The Hall–Kier alpha value is -2.55. The van der Waals surface area contributed by atoms with Crippen molar-refractivity contribution < 1.29 is 4.74 Å². The van der Waals surface area contributed by atoms with Crippen LogP contribution in [0, 0.1) is 10.4 Å². The van der Waals surface area contributed by atoms with E-state index in [0.29, 0.717) is 11.3 Å². The maximum atomic E-state index is 12.6. The molecule has 3 rings (SSSR count). The molecule has 4 atom stereocenters. The lowest BCUT2D eigenvalue weighted by Gasteiger charge is -2.31. The van der Waals surface area contributed by atoms with Gasteiger partial charge in [0.1, 0.15) is 10.7 Å². The average Bonchev–Trinajstić information content (AvgIpc) is 3.12. The van der Waals surface area contributed by atoms with Crippen LogP contribution >= 0.6 is 11.3 Å². The van der Waals surface area contributed by atoms with Crippen LogP contribution in [0.5, 0.6) is 0 Å². The lowest BCUT2D eigenvalue weighted by atomic mass is 9.87. The van der Waals surface area contributed by atoms with Crippen molar-refractivity contribution in [3.63, 3.8) is 0 Å². The number of aromatic amines is 1. The van der Waals surface area contributed by atoms with Crippen molar-refractivity contribution in [2.45, 2.75) is 37.3 Å². The van der Waals surface area contributed by atoms with Crippen LogP contribution in [-0.4, -0.2) is 38.8 Å². The van der Waals surface area contributed by atoms with Gasteiger partial charge in [0.2, 0.25) is 5.95 Å². The van der Waals surface area contributed by atoms with Crippen molar-refractivity contribution >= 4 is 27.6 Å². The Morgan fingerprint density at radius 2 is 2.35 bits per heavy atom. The molecule has 0 bridgehead atoms. The lowest BCUT2D eigenvalue weighted by molar-refractivity contribution is -0.0175. The molecule has 1 fully saturated rings. The number of hydrogen-bond acceptors (Lipinski definition) is 11. The Morgan fingerprint density at radius 3 is 2.96 bits per heavy atom. The number of ether oxygens (including phenoxy) is 1. The van der Waals surface area contributed by atoms with Crippen molar-refractivity contribution in [2.75, 3.05) is 12.0 Å². The van der Waals surface area contributed by atoms with Crippen LogP contribution < -0.4 is 27.3 Å². The van der Waals surface area contributed by atoms with Crippen LogP contribution in [0.15, 0.2) is 20.0 Å². The average molecular weight is 383 g/mol. The second-order valence-electron chi connectivity index (χ2n) is 5.97. The van der Waals surface area contributed by atoms with E-state index in [1.807, 2.05) is 0 Å². The van der Waals surface area contributed by atoms with Gasteiger partial charge in [0, 0.05) is 6.54 Å². The van der Waals surface area contributed by atoms with Gasteiger partial charge in [0.05, 0.1) is 11.6 Å². The van der Waals surface area contributed by atoms with Gasteiger partial charge in [-0.1, -0.05) is 21.7 Å². The minimum Gasteiger partial charge on any atom is -0.351 e. The molecule has 1 saturated heterocycles. The minimum absolute atomic E-state index is 0.00509. The maximum absolute atomic E-state index is 12.6. The third-order valence-electron chi connectivity index (χ3n) is 4.43. The Morgan fingerprint density at radius 1 is 1.62 bits per heavy atom. The zero-order chi connectivity index (χ0) is 19.1. The SMILES string of the molecule is CC(N=O)[C@]1(N)CC(CN)O[C@H]1n1c(=O)sc2c(=O)[nH]c(NN=N)nc21. The maximum Gasteiger partial charge on any atom is 0.311 e. The summed E-state index contributed by atoms with van der Waals surface area (Å²) in [6, 6.07) is -0.881. The number of aromatic nitrogens is 3. The number of nitrogens with zero attached hydrogens (tertiary/aromatic N) is 4. The topological polar surface area (TPSA) is 207 Å². The van der Waals surface area contributed by atoms with Gasteiger partial charge in [-0.15, -0.1) is 0 Å². The molecule has 0 aromatic carbocycles. The van der Waals surface area contributed by atoms with Crippen LogP contribution in [0.4, 0.5) is 5.95 Å². The van der Waals surface area contributed by atoms with Gasteiger partial charge in [0.15, 0.2) is 11.9 Å². The number of anilines is 1. The Kier molecular flexibility index (Phi) is 4.66. The Bertz CT molecular complexity index is 968. The van der Waals surface area contributed by atoms with E-state index in [9.17, 15) is 14.5 Å². The van der Waals surface area contributed by atoms with Crippen molar-refractivity contribution in [1.82, 2.24) is 14.5 Å². The van der Waals surface area contributed by atoms with Gasteiger partial charge in [-0.05, 0) is 13.3 Å². The van der Waals surface area contributed by atoms with Crippen molar-refractivity contribution in [1.29, 1.82) is 5.53 Å². The molecule has 0 amide bonds. The summed E-state index contributed by atoms with van der Waals surface area (Å²) in [5, 5.41) is 5.93. The van der Waals surface area contributed by atoms with Crippen molar-refractivity contribution in [3.8, 4) is 0 Å². The van der Waals surface area contributed by atoms with Crippen molar-refractivity contribution in [3.05, 3.63) is 24.9 Å². The van der Waals surface area contributed by atoms with Gasteiger partial charge >= 0.3 is 4.87 Å². The molecule has 1 aliphatic rings. The minimum atomic E-state index is -1.30. The predicted molar refractivity (Wildman–Crippen MR) is 93.0 cm³/mol. The number of hydrogen-bond donors (Lipinski definition) is 5. The first-order valence-electron chi connectivity index (χ1n) is 7.60. The number of nitrogens with one attached hydrogen (secondary N) is 3. The number of H-pyrrole nitrogens is 1. The summed E-state index contributed by atoms with van der Waals surface area (Å²) in [4.78, 5) is 41.8. The van der Waals surface area contributed by atoms with Crippen LogP contribution in [0.2, 0.25) is 0 Å². The van der Waals surface area contributed by atoms with E-state index in [4.69, 9.17) is 21.7 Å². The third kappa shape index (κ3) is 2.72. The number of rotatable bonds is 6. The summed E-state index contributed by atoms with van der Waals surface area (Å²) >= 11 is 0.668. The summed E-state index contributed by atoms with van der Waals surface area (Å²) in [5.74, 6) is -0.124. The summed E-state index contributed by atoms with van der Waals surface area (Å²) in [5.41, 5.74) is 19.2. The molecule has 0 radical (unpaired) electrons. The van der Waals surface area contributed by atoms with E-state index in [0.717, 1.165) is 4.57 Å². The van der Waals surface area contributed by atoms with Crippen molar-refractivity contribution in [2.24, 2.45) is 21.9 Å². The molecule has 2 aromatic rings. The normalized spacial score (nSPS) is 26.7. The zero-order valence-corrected chi connectivity index (χ0v) is 14.4. The molecule has 2 aromatic heterocycles. The van der Waals surface area contributed by atoms with E-state index in [1.54, 1.807) is 0 Å². The van der Waals surface area contributed by atoms with Gasteiger partial charge < -0.3 is 16.2 Å². The van der Waals surface area contributed by atoms with E-state index in [1.165, 1.54) is 6.92 Å². The third-order valence-corrected chi connectivity index (χ3v) is 5.37. The highest BCUT2D eigenvalue weighted by Gasteiger charge is 2.52. The first-order chi connectivity index (χ1) is 12.3. The molecular formula is C12H17N9O4S. The molecule has 0 spiro atoms. The summed E-state index contributed by atoms with van der Waals surface area (Å²) in [6.07, 6.45) is -1.36. The Labute approximate surface area is 149 Å². The largest absolute Gasteiger partial charge is 0.351 e. The zero-order valence-electron chi connectivity index (χ0n) is 13.6. The fraction of sp³-hybridized carbons (Fsp3) is 0.583. The molecule has 7 N–H and O–H groups in total. The number of nitrogens with two attached hydrogens (primary N) is 2. The monoisotopic (exact) mass is 383 g/mol. The number of fused-ring (bicyclic) bond motifs is 1. The van der Waals surface area contributed by atoms with E-state index < -0.39 is 34.3 Å². The van der Waals surface area contributed by atoms with Crippen LogP contribution in [0.25, 0.3) is 10.3 Å². The van der Waals surface area contributed by atoms with E-state index in [-0.39, 0.29) is 29.3 Å². The van der Waals surface area contributed by atoms with Gasteiger partial charge in [-0.2, -0.15) is 15.4 Å². The molecule has 13 nitrogen and oxygen atoms in total.